The van der Waals surface area contributed by atoms with Crippen LogP contribution in [-0.4, -0.2) is 5.91 Å². The van der Waals surface area contributed by atoms with Gasteiger partial charge in [0.15, 0.2) is 0 Å². The van der Waals surface area contributed by atoms with Gasteiger partial charge in [-0.2, -0.15) is 10.5 Å². The summed E-state index contributed by atoms with van der Waals surface area (Å²) in [5.74, 6) is -0.839. The maximum Gasteiger partial charge on any atom is 0.259 e. The Kier molecular flexibility index (Phi) is 5.04. The van der Waals surface area contributed by atoms with Gasteiger partial charge >= 0.3 is 0 Å². The second-order valence-electron chi connectivity index (χ2n) is 7.89. The van der Waals surface area contributed by atoms with Crippen molar-refractivity contribution in [2.24, 2.45) is 11.3 Å². The number of fused-ring (bicyclic) bond motifs is 1. The number of anilines is 1. The van der Waals surface area contributed by atoms with Crippen LogP contribution in [-0.2, 0) is 12.8 Å². The van der Waals surface area contributed by atoms with Crippen LogP contribution in [0.25, 0.3) is 0 Å². The summed E-state index contributed by atoms with van der Waals surface area (Å²) in [4.78, 5) is 13.6. The van der Waals surface area contributed by atoms with Crippen molar-refractivity contribution >= 4 is 22.2 Å². The number of nitriles is 2. The summed E-state index contributed by atoms with van der Waals surface area (Å²) in [5, 5.41) is 21.6. The normalized spacial score (nSPS) is 16.1. The van der Waals surface area contributed by atoms with Crippen molar-refractivity contribution < 1.29 is 9.18 Å². The van der Waals surface area contributed by atoms with Gasteiger partial charge in [0, 0.05) is 4.88 Å². The molecule has 0 radical (unpaired) electrons. The quantitative estimate of drug-likeness (QED) is 0.792. The fourth-order valence-corrected chi connectivity index (χ4v) is 4.74. The maximum atomic E-state index is 14.1. The Labute approximate surface area is 162 Å². The fourth-order valence-electron chi connectivity index (χ4n) is 3.47. The van der Waals surface area contributed by atoms with Gasteiger partial charge in [-0.25, -0.2) is 4.39 Å². The summed E-state index contributed by atoms with van der Waals surface area (Å²) in [6.45, 7) is 6.66. The van der Waals surface area contributed by atoms with E-state index in [0.717, 1.165) is 35.8 Å². The van der Waals surface area contributed by atoms with Crippen LogP contribution in [0.15, 0.2) is 18.2 Å². The monoisotopic (exact) mass is 381 g/mol. The molecule has 1 aliphatic rings. The molecule has 1 aromatic carbocycles. The number of amides is 1. The summed E-state index contributed by atoms with van der Waals surface area (Å²) >= 11 is 1.41. The van der Waals surface area contributed by atoms with Crippen molar-refractivity contribution in [3.05, 3.63) is 51.1 Å². The van der Waals surface area contributed by atoms with E-state index in [1.807, 2.05) is 6.07 Å². The zero-order valence-electron chi connectivity index (χ0n) is 15.5. The van der Waals surface area contributed by atoms with E-state index in [1.165, 1.54) is 23.5 Å². The molecule has 27 heavy (non-hydrogen) atoms. The van der Waals surface area contributed by atoms with Crippen LogP contribution >= 0.6 is 11.3 Å². The lowest BCUT2D eigenvalue weighted by molar-refractivity contribution is 0.102. The Morgan fingerprint density at radius 1 is 1.30 bits per heavy atom. The highest BCUT2D eigenvalue weighted by atomic mass is 32.1. The average molecular weight is 381 g/mol. The molecule has 1 aliphatic carbocycles. The molecule has 6 heteroatoms. The Bertz CT molecular complexity index is 989. The maximum absolute atomic E-state index is 14.1. The third kappa shape index (κ3) is 3.72. The van der Waals surface area contributed by atoms with Gasteiger partial charge in [-0.3, -0.25) is 4.79 Å². The van der Waals surface area contributed by atoms with Crippen molar-refractivity contribution in [3.8, 4) is 12.1 Å². The number of halogens is 1. The standard InChI is InChI=1S/C21H20FN3OS/c1-21(2,3)13-5-7-14-16(11-24)20(27-18(14)9-13)25-19(26)15-6-4-12(10-23)8-17(15)22/h4,6,8,13H,5,7,9H2,1-3H3,(H,25,26)/t13-/m0/s1. The molecule has 4 nitrogen and oxygen atoms in total. The molecule has 0 saturated carbocycles. The highest BCUT2D eigenvalue weighted by Gasteiger charge is 2.32. The third-order valence-electron chi connectivity index (χ3n) is 5.17. The zero-order chi connectivity index (χ0) is 19.8. The van der Waals surface area contributed by atoms with Crippen molar-refractivity contribution in [1.29, 1.82) is 10.5 Å². The number of rotatable bonds is 2. The molecule has 1 amide bonds. The van der Waals surface area contributed by atoms with E-state index in [4.69, 9.17) is 5.26 Å². The SMILES string of the molecule is CC(C)(C)[C@H]1CCc2c(sc(NC(=O)c3ccc(C#N)cc3F)c2C#N)C1. The van der Waals surface area contributed by atoms with E-state index in [1.54, 1.807) is 0 Å². The van der Waals surface area contributed by atoms with Gasteiger partial charge < -0.3 is 5.32 Å². The van der Waals surface area contributed by atoms with Crippen molar-refractivity contribution in [1.82, 2.24) is 0 Å². The first kappa shape index (κ1) is 19.1. The Morgan fingerprint density at radius 3 is 2.63 bits per heavy atom. The molecule has 1 N–H and O–H groups in total. The summed E-state index contributed by atoms with van der Waals surface area (Å²) in [6, 6.07) is 7.77. The van der Waals surface area contributed by atoms with Crippen LogP contribution in [0.2, 0.25) is 0 Å². The molecule has 2 aromatic rings. The third-order valence-corrected chi connectivity index (χ3v) is 6.34. The lowest BCUT2D eigenvalue weighted by atomic mass is 9.72. The van der Waals surface area contributed by atoms with E-state index in [2.05, 4.69) is 32.2 Å². The molecule has 0 unspecified atom stereocenters. The Morgan fingerprint density at radius 2 is 2.04 bits per heavy atom. The van der Waals surface area contributed by atoms with Crippen molar-refractivity contribution in [3.63, 3.8) is 0 Å². The first-order valence-corrected chi connectivity index (χ1v) is 9.62. The van der Waals surface area contributed by atoms with Gasteiger partial charge in [0.25, 0.3) is 5.91 Å². The molecular weight excluding hydrogens is 361 g/mol. The highest BCUT2D eigenvalue weighted by Crippen LogP contribution is 2.44. The lowest BCUT2D eigenvalue weighted by Gasteiger charge is -2.33. The van der Waals surface area contributed by atoms with Crippen LogP contribution in [0.1, 0.15) is 59.1 Å². The van der Waals surface area contributed by atoms with Gasteiger partial charge in [-0.15, -0.1) is 11.3 Å². The predicted molar refractivity (Wildman–Crippen MR) is 103 cm³/mol. The molecule has 3 rings (SSSR count). The summed E-state index contributed by atoms with van der Waals surface area (Å²) in [7, 11) is 0. The van der Waals surface area contributed by atoms with E-state index < -0.39 is 11.7 Å². The molecule has 0 spiro atoms. The number of thiophene rings is 1. The summed E-state index contributed by atoms with van der Waals surface area (Å²) < 4.78 is 14.1. The molecule has 1 heterocycles. The van der Waals surface area contributed by atoms with E-state index >= 15 is 0 Å². The largest absolute Gasteiger partial charge is 0.312 e. The van der Waals surface area contributed by atoms with Crippen LogP contribution < -0.4 is 5.32 Å². The Balaban J connectivity index is 1.89. The second kappa shape index (κ2) is 7.13. The fraction of sp³-hybridized carbons (Fsp3) is 0.381. The van der Waals surface area contributed by atoms with Crippen LogP contribution in [0.4, 0.5) is 9.39 Å². The number of carbonyl (C=O) groups is 1. The van der Waals surface area contributed by atoms with Gasteiger partial charge in [-0.1, -0.05) is 20.8 Å². The summed E-state index contributed by atoms with van der Waals surface area (Å²) in [5.41, 5.74) is 1.70. The van der Waals surface area contributed by atoms with E-state index in [0.29, 0.717) is 16.5 Å². The molecule has 0 bridgehead atoms. The van der Waals surface area contributed by atoms with Gasteiger partial charge in [0.2, 0.25) is 0 Å². The van der Waals surface area contributed by atoms with Crippen molar-refractivity contribution in [2.45, 2.75) is 40.0 Å². The highest BCUT2D eigenvalue weighted by molar-refractivity contribution is 7.16. The predicted octanol–water partition coefficient (Wildman–Crippen LogP) is 5.03. The van der Waals surface area contributed by atoms with Crippen LogP contribution in [0.5, 0.6) is 0 Å². The smallest absolute Gasteiger partial charge is 0.259 e. The summed E-state index contributed by atoms with van der Waals surface area (Å²) in [6.07, 6.45) is 2.72. The van der Waals surface area contributed by atoms with Crippen LogP contribution in [0.3, 0.4) is 0 Å². The topological polar surface area (TPSA) is 76.7 Å². The van der Waals surface area contributed by atoms with Gasteiger partial charge in [0.05, 0.1) is 22.8 Å². The number of hydrogen-bond acceptors (Lipinski definition) is 4. The minimum Gasteiger partial charge on any atom is -0.312 e. The number of nitrogens with zero attached hydrogens (tertiary/aromatic N) is 2. The minimum absolute atomic E-state index is 0.142. The second-order valence-corrected chi connectivity index (χ2v) is 8.99. The number of hydrogen-bond donors (Lipinski definition) is 1. The molecular formula is C21H20FN3OS. The first-order valence-electron chi connectivity index (χ1n) is 8.80. The zero-order valence-corrected chi connectivity index (χ0v) is 16.3. The lowest BCUT2D eigenvalue weighted by Crippen LogP contribution is -2.26. The van der Waals surface area contributed by atoms with Gasteiger partial charge in [-0.05, 0) is 54.4 Å². The minimum atomic E-state index is -0.751. The molecule has 0 aliphatic heterocycles. The molecule has 1 atom stereocenters. The molecule has 0 saturated heterocycles. The number of carbonyl (C=O) groups excluding carboxylic acids is 1. The average Bonchev–Trinajstić information content (AvgIpc) is 2.96. The molecule has 138 valence electrons. The molecule has 1 aromatic heterocycles. The van der Waals surface area contributed by atoms with Crippen LogP contribution in [0, 0.1) is 39.8 Å². The number of benzene rings is 1. The molecule has 0 fully saturated rings. The van der Waals surface area contributed by atoms with E-state index in [9.17, 15) is 14.4 Å². The Hall–Kier alpha value is -2.70. The number of nitrogens with one attached hydrogen (secondary N) is 1. The first-order chi connectivity index (χ1) is 12.7. The van der Waals surface area contributed by atoms with Gasteiger partial charge in [0.1, 0.15) is 16.9 Å². The van der Waals surface area contributed by atoms with Crippen molar-refractivity contribution in [2.75, 3.05) is 5.32 Å². The van der Waals surface area contributed by atoms with E-state index in [-0.39, 0.29) is 16.5 Å².